The summed E-state index contributed by atoms with van der Waals surface area (Å²) in [6, 6.07) is 13.8. The second-order valence-corrected chi connectivity index (χ2v) is 7.79. The van der Waals surface area contributed by atoms with Crippen LogP contribution in [0.3, 0.4) is 0 Å². The van der Waals surface area contributed by atoms with Crippen molar-refractivity contribution in [3.63, 3.8) is 0 Å². The van der Waals surface area contributed by atoms with Gasteiger partial charge in [-0.25, -0.2) is 0 Å². The van der Waals surface area contributed by atoms with Crippen molar-refractivity contribution >= 4 is 29.1 Å². The predicted molar refractivity (Wildman–Crippen MR) is 107 cm³/mol. The van der Waals surface area contributed by atoms with Gasteiger partial charge < -0.3 is 5.32 Å². The van der Waals surface area contributed by atoms with Gasteiger partial charge in [-0.15, -0.1) is 0 Å². The molecule has 3 nitrogen and oxygen atoms in total. The van der Waals surface area contributed by atoms with E-state index in [-0.39, 0.29) is 11.8 Å². The van der Waals surface area contributed by atoms with E-state index >= 15 is 0 Å². The lowest BCUT2D eigenvalue weighted by atomic mass is 9.96. The first kappa shape index (κ1) is 19.2. The highest BCUT2D eigenvalue weighted by atomic mass is 35.5. The average molecular weight is 391 g/mol. The van der Waals surface area contributed by atoms with Gasteiger partial charge >= 0.3 is 0 Å². The second kappa shape index (κ2) is 8.90. The van der Waals surface area contributed by atoms with Crippen molar-refractivity contribution in [1.82, 2.24) is 10.2 Å². The number of amides is 1. The van der Waals surface area contributed by atoms with Gasteiger partial charge in [-0.1, -0.05) is 59.1 Å². The third-order valence-electron chi connectivity index (χ3n) is 4.91. The zero-order valence-electron chi connectivity index (χ0n) is 15.0. The molecule has 0 radical (unpaired) electrons. The molecule has 26 heavy (non-hydrogen) atoms. The van der Waals surface area contributed by atoms with Crippen LogP contribution in [0.1, 0.15) is 29.5 Å². The summed E-state index contributed by atoms with van der Waals surface area (Å²) in [5, 5.41) is 4.45. The fraction of sp³-hybridized carbons (Fsp3) is 0.381. The Morgan fingerprint density at radius 1 is 1.15 bits per heavy atom. The Bertz CT molecular complexity index is 741. The quantitative estimate of drug-likeness (QED) is 0.792. The van der Waals surface area contributed by atoms with Crippen LogP contribution in [0.2, 0.25) is 10.0 Å². The minimum atomic E-state index is 0.00969. The van der Waals surface area contributed by atoms with Crippen molar-refractivity contribution in [2.75, 3.05) is 13.1 Å². The average Bonchev–Trinajstić information content (AvgIpc) is 2.64. The van der Waals surface area contributed by atoms with E-state index in [1.165, 1.54) is 5.56 Å². The minimum Gasteiger partial charge on any atom is -0.352 e. The van der Waals surface area contributed by atoms with Crippen LogP contribution in [0.15, 0.2) is 42.5 Å². The lowest BCUT2D eigenvalue weighted by Gasteiger charge is -2.32. The lowest BCUT2D eigenvalue weighted by molar-refractivity contribution is -0.126. The number of benzene rings is 2. The van der Waals surface area contributed by atoms with Gasteiger partial charge in [-0.05, 0) is 44.0 Å². The molecule has 1 atom stereocenters. The van der Waals surface area contributed by atoms with E-state index < -0.39 is 0 Å². The number of carbonyl (C=O) groups excluding carboxylic acids is 1. The summed E-state index contributed by atoms with van der Waals surface area (Å²) < 4.78 is 0. The molecule has 1 saturated heterocycles. The van der Waals surface area contributed by atoms with Crippen molar-refractivity contribution in [3.8, 4) is 0 Å². The first-order valence-electron chi connectivity index (χ1n) is 9.01. The van der Waals surface area contributed by atoms with Crippen LogP contribution in [0, 0.1) is 12.8 Å². The zero-order chi connectivity index (χ0) is 18.5. The topological polar surface area (TPSA) is 32.3 Å². The first-order chi connectivity index (χ1) is 12.5. The summed E-state index contributed by atoms with van der Waals surface area (Å²) in [5.74, 6) is 0.135. The Labute approximate surface area is 165 Å². The normalized spacial score (nSPS) is 17.9. The molecule has 0 aliphatic carbocycles. The van der Waals surface area contributed by atoms with Gasteiger partial charge in [0.1, 0.15) is 0 Å². The van der Waals surface area contributed by atoms with E-state index in [1.807, 2.05) is 18.2 Å². The highest BCUT2D eigenvalue weighted by Gasteiger charge is 2.26. The molecule has 3 rings (SSSR count). The molecule has 2 aromatic carbocycles. The molecule has 0 spiro atoms. The third kappa shape index (κ3) is 5.00. The van der Waals surface area contributed by atoms with Crippen LogP contribution in [-0.2, 0) is 17.9 Å². The number of aryl methyl sites for hydroxylation is 1. The highest BCUT2D eigenvalue weighted by Crippen LogP contribution is 2.27. The number of nitrogens with zero attached hydrogens (tertiary/aromatic N) is 1. The summed E-state index contributed by atoms with van der Waals surface area (Å²) in [6.07, 6.45) is 1.93. The maximum atomic E-state index is 12.6. The van der Waals surface area contributed by atoms with Crippen LogP contribution in [-0.4, -0.2) is 23.9 Å². The van der Waals surface area contributed by atoms with Gasteiger partial charge in [-0.3, -0.25) is 9.69 Å². The van der Waals surface area contributed by atoms with Gasteiger partial charge in [0.15, 0.2) is 0 Å². The second-order valence-electron chi connectivity index (χ2n) is 6.98. The van der Waals surface area contributed by atoms with E-state index in [2.05, 4.69) is 41.4 Å². The van der Waals surface area contributed by atoms with Crippen molar-refractivity contribution in [2.45, 2.75) is 32.9 Å². The maximum Gasteiger partial charge on any atom is 0.224 e. The molecule has 0 saturated carbocycles. The van der Waals surface area contributed by atoms with Gasteiger partial charge in [0.25, 0.3) is 0 Å². The monoisotopic (exact) mass is 390 g/mol. The number of nitrogens with one attached hydrogen (secondary N) is 1. The van der Waals surface area contributed by atoms with Crippen molar-refractivity contribution in [1.29, 1.82) is 0 Å². The van der Waals surface area contributed by atoms with E-state index in [1.54, 1.807) is 0 Å². The van der Waals surface area contributed by atoms with E-state index in [9.17, 15) is 4.79 Å². The molecule has 2 aromatic rings. The van der Waals surface area contributed by atoms with Crippen LogP contribution in [0.25, 0.3) is 0 Å². The molecule has 0 bridgehead atoms. The highest BCUT2D eigenvalue weighted by molar-refractivity contribution is 6.35. The fourth-order valence-corrected chi connectivity index (χ4v) is 3.88. The van der Waals surface area contributed by atoms with E-state index in [4.69, 9.17) is 23.2 Å². The Morgan fingerprint density at radius 3 is 2.54 bits per heavy atom. The van der Waals surface area contributed by atoms with Crippen LogP contribution < -0.4 is 5.32 Å². The van der Waals surface area contributed by atoms with E-state index in [0.717, 1.165) is 37.1 Å². The summed E-state index contributed by atoms with van der Waals surface area (Å²) in [6.45, 7) is 5.01. The Kier molecular flexibility index (Phi) is 6.58. The Balaban J connectivity index is 1.55. The molecule has 1 heterocycles. The first-order valence-corrected chi connectivity index (χ1v) is 9.77. The lowest BCUT2D eigenvalue weighted by Crippen LogP contribution is -2.42. The third-order valence-corrected chi connectivity index (χ3v) is 5.62. The molecule has 5 heteroatoms. The smallest absolute Gasteiger partial charge is 0.224 e. The van der Waals surface area contributed by atoms with Gasteiger partial charge in [0.2, 0.25) is 5.91 Å². The number of likely N-dealkylation sites (tertiary alicyclic amines) is 1. The standard InChI is InChI=1S/C21H24Cl2N2O/c1-15-7-9-16(10-8-15)12-24-21(26)17-4-3-11-25(13-17)14-18-19(22)5-2-6-20(18)23/h2,5-10,17H,3-4,11-14H2,1H3,(H,24,26). The van der Waals surface area contributed by atoms with Gasteiger partial charge in [-0.2, -0.15) is 0 Å². The van der Waals surface area contributed by atoms with Crippen molar-refractivity contribution in [2.24, 2.45) is 5.92 Å². The Morgan fingerprint density at radius 2 is 1.85 bits per heavy atom. The Hall–Kier alpha value is -1.55. The molecule has 0 aromatic heterocycles. The molecular weight excluding hydrogens is 367 g/mol. The van der Waals surface area contributed by atoms with Crippen molar-refractivity contribution < 1.29 is 4.79 Å². The summed E-state index contributed by atoms with van der Waals surface area (Å²) in [5.41, 5.74) is 3.29. The molecule has 138 valence electrons. The van der Waals surface area contributed by atoms with E-state index in [0.29, 0.717) is 23.1 Å². The molecule has 1 fully saturated rings. The van der Waals surface area contributed by atoms with Gasteiger partial charge in [0, 0.05) is 35.2 Å². The van der Waals surface area contributed by atoms with Crippen LogP contribution in [0.4, 0.5) is 0 Å². The summed E-state index contributed by atoms with van der Waals surface area (Å²) in [7, 11) is 0. The largest absolute Gasteiger partial charge is 0.352 e. The number of piperidine rings is 1. The van der Waals surface area contributed by atoms with Gasteiger partial charge in [0.05, 0.1) is 5.92 Å². The SMILES string of the molecule is Cc1ccc(CNC(=O)C2CCCN(Cc3c(Cl)cccc3Cl)C2)cc1. The molecule has 1 amide bonds. The molecular formula is C21H24Cl2N2O. The molecule has 1 aliphatic heterocycles. The molecule has 1 N–H and O–H groups in total. The van der Waals surface area contributed by atoms with Crippen LogP contribution >= 0.6 is 23.2 Å². The van der Waals surface area contributed by atoms with Crippen LogP contribution in [0.5, 0.6) is 0 Å². The molecule has 1 aliphatic rings. The summed E-state index contributed by atoms with van der Waals surface area (Å²) in [4.78, 5) is 14.9. The minimum absolute atomic E-state index is 0.00969. The predicted octanol–water partition coefficient (Wildman–Crippen LogP) is 4.83. The fourth-order valence-electron chi connectivity index (χ4n) is 3.36. The number of hydrogen-bond donors (Lipinski definition) is 1. The number of halogens is 2. The zero-order valence-corrected chi connectivity index (χ0v) is 16.5. The molecule has 1 unspecified atom stereocenters. The number of hydrogen-bond acceptors (Lipinski definition) is 2. The van der Waals surface area contributed by atoms with Crippen molar-refractivity contribution in [3.05, 3.63) is 69.2 Å². The number of rotatable bonds is 5. The maximum absolute atomic E-state index is 12.6. The summed E-state index contributed by atoms with van der Waals surface area (Å²) >= 11 is 12.6. The number of carbonyl (C=O) groups is 1.